The van der Waals surface area contributed by atoms with Gasteiger partial charge in [-0.25, -0.2) is 4.98 Å². The number of fused-ring (bicyclic) bond motifs is 1. The topological polar surface area (TPSA) is 42.4 Å². The predicted octanol–water partition coefficient (Wildman–Crippen LogP) is 3.90. The summed E-state index contributed by atoms with van der Waals surface area (Å²) in [7, 11) is 3.23. The van der Waals surface area contributed by atoms with Gasteiger partial charge in [0.05, 0.1) is 7.11 Å². The highest BCUT2D eigenvalue weighted by atomic mass is 79.9. The Balaban J connectivity index is 2.58. The zero-order valence-electron chi connectivity index (χ0n) is 13.6. The molecule has 0 fully saturated rings. The van der Waals surface area contributed by atoms with E-state index < -0.39 is 0 Å². The summed E-state index contributed by atoms with van der Waals surface area (Å²) < 4.78 is 5.68. The number of carbonyl (C=O) groups excluding carboxylic acids is 1. The quantitative estimate of drug-likeness (QED) is 0.774. The molecule has 0 saturated heterocycles. The molecule has 2 rings (SSSR count). The van der Waals surface area contributed by atoms with Crippen LogP contribution in [0.4, 0.5) is 5.82 Å². The Bertz CT molecular complexity index is 708. The van der Waals surface area contributed by atoms with E-state index in [-0.39, 0.29) is 17.9 Å². The number of rotatable bonds is 3. The summed E-state index contributed by atoms with van der Waals surface area (Å²) in [6.45, 7) is 6.70. The number of methoxy groups -OCH3 is 1. The van der Waals surface area contributed by atoms with Crippen molar-refractivity contribution in [3.8, 4) is 0 Å². The van der Waals surface area contributed by atoms with Crippen LogP contribution in [0.25, 0.3) is 10.8 Å². The Labute approximate surface area is 139 Å². The lowest BCUT2D eigenvalue weighted by Crippen LogP contribution is -2.27. The lowest BCUT2D eigenvalue weighted by molar-refractivity contribution is -0.138. The van der Waals surface area contributed by atoms with E-state index >= 15 is 0 Å². The highest BCUT2D eigenvalue weighted by Gasteiger charge is 2.18. The first-order chi connectivity index (χ1) is 10.2. The van der Waals surface area contributed by atoms with Gasteiger partial charge in [0.1, 0.15) is 12.4 Å². The Kier molecular flexibility index (Phi) is 4.75. The molecule has 4 nitrogen and oxygen atoms in total. The summed E-state index contributed by atoms with van der Waals surface area (Å²) in [5.74, 6) is 0.488. The largest absolute Gasteiger partial charge is 0.468 e. The molecule has 0 spiro atoms. The van der Waals surface area contributed by atoms with Crippen molar-refractivity contribution < 1.29 is 9.53 Å². The monoisotopic (exact) mass is 364 g/mol. The molecule has 1 heterocycles. The molecule has 22 heavy (non-hydrogen) atoms. The van der Waals surface area contributed by atoms with Gasteiger partial charge in [-0.2, -0.15) is 0 Å². The predicted molar refractivity (Wildman–Crippen MR) is 93.4 cm³/mol. The number of aromatic nitrogens is 1. The molecule has 0 atom stereocenters. The van der Waals surface area contributed by atoms with Crippen molar-refractivity contribution in [1.82, 2.24) is 4.98 Å². The molecular weight excluding hydrogens is 344 g/mol. The number of nitrogens with zero attached hydrogens (tertiary/aromatic N) is 2. The van der Waals surface area contributed by atoms with Gasteiger partial charge in [0.15, 0.2) is 0 Å². The molecule has 5 heteroatoms. The average molecular weight is 365 g/mol. The molecule has 0 unspecified atom stereocenters. The van der Waals surface area contributed by atoms with Crippen LogP contribution in [0.15, 0.2) is 28.9 Å². The molecule has 1 aromatic carbocycles. The third-order valence-corrected chi connectivity index (χ3v) is 4.27. The molecule has 2 aromatic rings. The maximum atomic E-state index is 11.5. The van der Waals surface area contributed by atoms with Gasteiger partial charge in [-0.3, -0.25) is 4.79 Å². The molecular formula is C17H21BrN2O2. The van der Waals surface area contributed by atoms with E-state index in [4.69, 9.17) is 4.74 Å². The Morgan fingerprint density at radius 3 is 2.59 bits per heavy atom. The summed E-state index contributed by atoms with van der Waals surface area (Å²) in [6.07, 6.45) is 1.77. The third-order valence-electron chi connectivity index (χ3n) is 3.64. The van der Waals surface area contributed by atoms with Gasteiger partial charge in [-0.05, 0) is 33.0 Å². The first-order valence-corrected chi connectivity index (χ1v) is 7.90. The van der Waals surface area contributed by atoms with Crippen LogP contribution in [0.3, 0.4) is 0 Å². The SMILES string of the molecule is COC(=O)CN(C)c1ncc(Br)c2ccc(C(C)(C)C)cc12. The smallest absolute Gasteiger partial charge is 0.325 e. The fourth-order valence-electron chi connectivity index (χ4n) is 2.30. The maximum absolute atomic E-state index is 11.5. The van der Waals surface area contributed by atoms with Crippen LogP contribution in [0.2, 0.25) is 0 Å². The van der Waals surface area contributed by atoms with Crippen LogP contribution in [0.1, 0.15) is 26.3 Å². The molecule has 0 aliphatic heterocycles. The van der Waals surface area contributed by atoms with E-state index in [1.54, 1.807) is 6.20 Å². The highest BCUT2D eigenvalue weighted by Crippen LogP contribution is 2.33. The van der Waals surface area contributed by atoms with Crippen molar-refractivity contribution >= 4 is 38.5 Å². The van der Waals surface area contributed by atoms with Gasteiger partial charge >= 0.3 is 5.97 Å². The van der Waals surface area contributed by atoms with Crippen molar-refractivity contribution in [2.75, 3.05) is 25.6 Å². The lowest BCUT2D eigenvalue weighted by Gasteiger charge is -2.23. The number of halogens is 1. The van der Waals surface area contributed by atoms with E-state index in [0.717, 1.165) is 21.1 Å². The number of hydrogen-bond acceptors (Lipinski definition) is 4. The zero-order valence-corrected chi connectivity index (χ0v) is 15.2. The summed E-state index contributed by atoms with van der Waals surface area (Å²) in [4.78, 5) is 17.8. The van der Waals surface area contributed by atoms with Crippen LogP contribution in [-0.2, 0) is 14.9 Å². The van der Waals surface area contributed by atoms with Crippen LogP contribution >= 0.6 is 15.9 Å². The highest BCUT2D eigenvalue weighted by molar-refractivity contribution is 9.10. The minimum absolute atomic E-state index is 0.0503. The molecule has 0 bridgehead atoms. The fraction of sp³-hybridized carbons (Fsp3) is 0.412. The summed E-state index contributed by atoms with van der Waals surface area (Å²) in [6, 6.07) is 6.38. The van der Waals surface area contributed by atoms with Gasteiger partial charge in [0, 0.05) is 28.5 Å². The number of hydrogen-bond donors (Lipinski definition) is 0. The molecule has 118 valence electrons. The number of carbonyl (C=O) groups is 1. The molecule has 0 saturated carbocycles. The standard InChI is InChI=1S/C17H21BrN2O2/c1-17(2,3)11-6-7-12-13(8-11)16(19-9-14(12)18)20(4)10-15(21)22-5/h6-9H,10H2,1-5H3. The Morgan fingerprint density at radius 2 is 2.00 bits per heavy atom. The first kappa shape index (κ1) is 16.7. The molecule has 0 aliphatic carbocycles. The van der Waals surface area contributed by atoms with Crippen molar-refractivity contribution in [3.63, 3.8) is 0 Å². The normalized spacial score (nSPS) is 11.5. The number of likely N-dealkylation sites (N-methyl/N-ethyl adjacent to an activating group) is 1. The zero-order chi connectivity index (χ0) is 16.5. The maximum Gasteiger partial charge on any atom is 0.325 e. The van der Waals surface area contributed by atoms with Gasteiger partial charge < -0.3 is 9.64 Å². The number of pyridine rings is 1. The summed E-state index contributed by atoms with van der Waals surface area (Å²) in [5.41, 5.74) is 1.28. The summed E-state index contributed by atoms with van der Waals surface area (Å²) >= 11 is 3.55. The van der Waals surface area contributed by atoms with Crippen LogP contribution < -0.4 is 4.90 Å². The molecule has 1 aromatic heterocycles. The van der Waals surface area contributed by atoms with Crippen molar-refractivity contribution in [3.05, 3.63) is 34.4 Å². The van der Waals surface area contributed by atoms with E-state index in [0.29, 0.717) is 0 Å². The van der Waals surface area contributed by atoms with Gasteiger partial charge in [-0.15, -0.1) is 0 Å². The first-order valence-electron chi connectivity index (χ1n) is 7.10. The van der Waals surface area contributed by atoms with Crippen molar-refractivity contribution in [1.29, 1.82) is 0 Å². The number of esters is 1. The second-order valence-electron chi connectivity index (χ2n) is 6.37. The minimum atomic E-state index is -0.285. The van der Waals surface area contributed by atoms with Gasteiger partial charge in [0.2, 0.25) is 0 Å². The molecule has 0 N–H and O–H groups in total. The Hall–Kier alpha value is -1.62. The van der Waals surface area contributed by atoms with Crippen molar-refractivity contribution in [2.24, 2.45) is 0 Å². The molecule has 0 radical (unpaired) electrons. The fourth-order valence-corrected chi connectivity index (χ4v) is 2.75. The number of anilines is 1. The van der Waals surface area contributed by atoms with Gasteiger partial charge in [-0.1, -0.05) is 32.9 Å². The summed E-state index contributed by atoms with van der Waals surface area (Å²) in [5, 5.41) is 2.10. The van der Waals surface area contributed by atoms with Crippen LogP contribution in [0, 0.1) is 0 Å². The number of ether oxygens (including phenoxy) is 1. The lowest BCUT2D eigenvalue weighted by atomic mass is 9.86. The average Bonchev–Trinajstić information content (AvgIpc) is 2.46. The van der Waals surface area contributed by atoms with E-state index in [2.05, 4.69) is 59.9 Å². The van der Waals surface area contributed by atoms with E-state index in [9.17, 15) is 4.79 Å². The molecule has 0 aliphatic rings. The van der Waals surface area contributed by atoms with Gasteiger partial charge in [0.25, 0.3) is 0 Å². The second-order valence-corrected chi connectivity index (χ2v) is 7.23. The Morgan fingerprint density at radius 1 is 1.32 bits per heavy atom. The minimum Gasteiger partial charge on any atom is -0.468 e. The van der Waals surface area contributed by atoms with Crippen LogP contribution in [0.5, 0.6) is 0 Å². The van der Waals surface area contributed by atoms with E-state index in [1.807, 2.05) is 11.9 Å². The second kappa shape index (κ2) is 6.24. The number of benzene rings is 1. The third kappa shape index (κ3) is 3.40. The molecule has 0 amide bonds. The van der Waals surface area contributed by atoms with Crippen molar-refractivity contribution in [2.45, 2.75) is 26.2 Å². The van der Waals surface area contributed by atoms with E-state index in [1.165, 1.54) is 12.7 Å². The van der Waals surface area contributed by atoms with Crippen LogP contribution in [-0.4, -0.2) is 31.7 Å².